The Hall–Kier alpha value is -1.69. The first-order valence-corrected chi connectivity index (χ1v) is 7.36. The molecule has 1 aromatic carbocycles. The smallest absolute Gasteiger partial charge is 0.308 e. The van der Waals surface area contributed by atoms with Crippen LogP contribution in [0, 0.1) is 5.92 Å². The summed E-state index contributed by atoms with van der Waals surface area (Å²) in [6.45, 7) is 0.871. The number of thioether (sulfide) groups is 1. The molecule has 2 rings (SSSR count). The molecule has 0 spiro atoms. The number of methoxy groups -OCH3 is 1. The molecule has 6 heteroatoms. The van der Waals surface area contributed by atoms with E-state index in [2.05, 4.69) is 0 Å². The number of carbonyl (C=O) groups is 2. The predicted molar refractivity (Wildman–Crippen MR) is 76.0 cm³/mol. The van der Waals surface area contributed by atoms with Crippen LogP contribution >= 0.6 is 11.8 Å². The fourth-order valence-corrected chi connectivity index (χ4v) is 2.90. The van der Waals surface area contributed by atoms with Gasteiger partial charge in [0.05, 0.1) is 18.8 Å². The Morgan fingerprint density at radius 1 is 1.40 bits per heavy atom. The minimum absolute atomic E-state index is 0.00503. The van der Waals surface area contributed by atoms with Gasteiger partial charge in [0.25, 0.3) is 0 Å². The highest BCUT2D eigenvalue weighted by Gasteiger charge is 2.30. The fourth-order valence-electron chi connectivity index (χ4n) is 2.10. The topological polar surface area (TPSA) is 66.8 Å². The summed E-state index contributed by atoms with van der Waals surface area (Å²) in [5.74, 6) is -0.120. The summed E-state index contributed by atoms with van der Waals surface area (Å²) in [6.07, 6.45) is 0.550. The lowest BCUT2D eigenvalue weighted by molar-refractivity contribution is -0.141. The van der Waals surface area contributed by atoms with Gasteiger partial charge in [0.15, 0.2) is 0 Å². The summed E-state index contributed by atoms with van der Waals surface area (Å²) < 4.78 is 5.07. The van der Waals surface area contributed by atoms with Gasteiger partial charge in [-0.05, 0) is 30.7 Å². The number of amides is 1. The van der Waals surface area contributed by atoms with Crippen molar-refractivity contribution in [1.82, 2.24) is 4.90 Å². The molecule has 20 heavy (non-hydrogen) atoms. The monoisotopic (exact) mass is 295 g/mol. The van der Waals surface area contributed by atoms with E-state index in [0.29, 0.717) is 25.3 Å². The molecule has 0 aliphatic carbocycles. The molecule has 1 unspecified atom stereocenters. The second kappa shape index (κ2) is 6.65. The largest absolute Gasteiger partial charge is 0.497 e. The molecule has 5 nitrogen and oxygen atoms in total. The van der Waals surface area contributed by atoms with Crippen molar-refractivity contribution in [2.45, 2.75) is 11.3 Å². The van der Waals surface area contributed by atoms with Crippen molar-refractivity contribution < 1.29 is 19.4 Å². The maximum Gasteiger partial charge on any atom is 0.308 e. The molecule has 0 aromatic heterocycles. The third-order valence-electron chi connectivity index (χ3n) is 3.31. The summed E-state index contributed by atoms with van der Waals surface area (Å²) in [4.78, 5) is 25.5. The molecule has 1 heterocycles. The Morgan fingerprint density at radius 2 is 2.10 bits per heavy atom. The van der Waals surface area contributed by atoms with Crippen molar-refractivity contribution >= 4 is 23.6 Å². The lowest BCUT2D eigenvalue weighted by atomic mass is 10.1. The number of carboxylic acids is 1. The number of nitrogens with zero attached hydrogens (tertiary/aromatic N) is 1. The average Bonchev–Trinajstić information content (AvgIpc) is 2.95. The van der Waals surface area contributed by atoms with E-state index >= 15 is 0 Å². The van der Waals surface area contributed by atoms with Gasteiger partial charge in [-0.3, -0.25) is 9.59 Å². The molecule has 1 aliphatic rings. The first-order chi connectivity index (χ1) is 9.60. The highest BCUT2D eigenvalue weighted by molar-refractivity contribution is 8.00. The number of benzene rings is 1. The average molecular weight is 295 g/mol. The first-order valence-electron chi connectivity index (χ1n) is 6.37. The van der Waals surface area contributed by atoms with E-state index in [9.17, 15) is 9.59 Å². The van der Waals surface area contributed by atoms with Crippen LogP contribution in [0.1, 0.15) is 6.42 Å². The first kappa shape index (κ1) is 14.7. The Labute approximate surface area is 121 Å². The zero-order valence-corrected chi connectivity index (χ0v) is 12.1. The third kappa shape index (κ3) is 3.66. The molecular weight excluding hydrogens is 278 g/mol. The number of carbonyl (C=O) groups excluding carboxylic acids is 1. The Morgan fingerprint density at radius 3 is 2.65 bits per heavy atom. The molecule has 1 amide bonds. The van der Waals surface area contributed by atoms with E-state index in [1.54, 1.807) is 12.0 Å². The summed E-state index contributed by atoms with van der Waals surface area (Å²) in [6, 6.07) is 7.51. The van der Waals surface area contributed by atoms with Gasteiger partial charge < -0.3 is 14.7 Å². The van der Waals surface area contributed by atoms with Crippen LogP contribution in [0.5, 0.6) is 5.75 Å². The second-order valence-electron chi connectivity index (χ2n) is 4.63. The second-order valence-corrected chi connectivity index (χ2v) is 5.68. The Kier molecular flexibility index (Phi) is 4.89. The van der Waals surface area contributed by atoms with E-state index in [1.165, 1.54) is 11.8 Å². The van der Waals surface area contributed by atoms with E-state index in [4.69, 9.17) is 9.84 Å². The van der Waals surface area contributed by atoms with Crippen LogP contribution in [0.4, 0.5) is 0 Å². The van der Waals surface area contributed by atoms with Gasteiger partial charge in [-0.1, -0.05) is 0 Å². The molecule has 0 bridgehead atoms. The lowest BCUT2D eigenvalue weighted by Crippen LogP contribution is -2.31. The number of likely N-dealkylation sites (tertiary alicyclic amines) is 1. The fraction of sp³-hybridized carbons (Fsp3) is 0.429. The molecule has 1 N–H and O–H groups in total. The van der Waals surface area contributed by atoms with Gasteiger partial charge in [0, 0.05) is 18.0 Å². The van der Waals surface area contributed by atoms with Gasteiger partial charge in [-0.25, -0.2) is 0 Å². The maximum absolute atomic E-state index is 12.0. The van der Waals surface area contributed by atoms with E-state index in [0.717, 1.165) is 10.6 Å². The van der Waals surface area contributed by atoms with Crippen molar-refractivity contribution in [1.29, 1.82) is 0 Å². The highest BCUT2D eigenvalue weighted by atomic mass is 32.2. The van der Waals surface area contributed by atoms with Crippen LogP contribution in [0.15, 0.2) is 29.2 Å². The van der Waals surface area contributed by atoms with Crippen LogP contribution in [-0.2, 0) is 9.59 Å². The molecule has 1 aliphatic heterocycles. The molecule has 1 aromatic rings. The number of hydrogen-bond donors (Lipinski definition) is 1. The standard InChI is InChI=1S/C14H17NO4S/c1-19-11-2-4-12(5-3-11)20-9-13(16)15-7-6-10(8-15)14(17)18/h2-5,10H,6-9H2,1H3,(H,17,18). The van der Waals surface area contributed by atoms with Gasteiger partial charge in [0.1, 0.15) is 5.75 Å². The highest BCUT2D eigenvalue weighted by Crippen LogP contribution is 2.23. The molecule has 1 atom stereocenters. The zero-order valence-electron chi connectivity index (χ0n) is 11.2. The SMILES string of the molecule is COc1ccc(SCC(=O)N2CCC(C(=O)O)C2)cc1. The van der Waals surface area contributed by atoms with E-state index < -0.39 is 11.9 Å². The number of hydrogen-bond acceptors (Lipinski definition) is 4. The van der Waals surface area contributed by atoms with E-state index in [1.807, 2.05) is 24.3 Å². The quantitative estimate of drug-likeness (QED) is 0.838. The molecule has 0 radical (unpaired) electrons. The Balaban J connectivity index is 1.81. The number of aliphatic carboxylic acids is 1. The van der Waals surface area contributed by atoms with Crippen LogP contribution < -0.4 is 4.74 Å². The van der Waals surface area contributed by atoms with E-state index in [-0.39, 0.29) is 5.91 Å². The molecular formula is C14H17NO4S. The minimum atomic E-state index is -0.817. The maximum atomic E-state index is 12.0. The number of carboxylic acid groups (broad SMARTS) is 1. The van der Waals surface area contributed by atoms with Crippen molar-refractivity contribution in [3.8, 4) is 5.75 Å². The van der Waals surface area contributed by atoms with Crippen molar-refractivity contribution in [3.05, 3.63) is 24.3 Å². The van der Waals surface area contributed by atoms with Crippen LogP contribution in [-0.4, -0.2) is 47.8 Å². The molecule has 1 saturated heterocycles. The Bertz CT molecular complexity index is 488. The molecule has 108 valence electrons. The zero-order chi connectivity index (χ0) is 14.5. The lowest BCUT2D eigenvalue weighted by Gasteiger charge is -2.15. The summed E-state index contributed by atoms with van der Waals surface area (Å²) in [7, 11) is 1.61. The number of rotatable bonds is 5. The molecule has 0 saturated carbocycles. The summed E-state index contributed by atoms with van der Waals surface area (Å²) in [5, 5.41) is 8.92. The summed E-state index contributed by atoms with van der Waals surface area (Å²) in [5.41, 5.74) is 0. The number of ether oxygens (including phenoxy) is 1. The van der Waals surface area contributed by atoms with Crippen molar-refractivity contribution in [3.63, 3.8) is 0 Å². The van der Waals surface area contributed by atoms with Crippen LogP contribution in [0.25, 0.3) is 0 Å². The molecule has 1 fully saturated rings. The minimum Gasteiger partial charge on any atom is -0.497 e. The van der Waals surface area contributed by atoms with Crippen LogP contribution in [0.2, 0.25) is 0 Å². The van der Waals surface area contributed by atoms with Gasteiger partial charge in [0.2, 0.25) is 5.91 Å². The van der Waals surface area contributed by atoms with Gasteiger partial charge in [-0.2, -0.15) is 0 Å². The van der Waals surface area contributed by atoms with Gasteiger partial charge >= 0.3 is 5.97 Å². The summed E-state index contributed by atoms with van der Waals surface area (Å²) >= 11 is 1.45. The van der Waals surface area contributed by atoms with Crippen molar-refractivity contribution in [2.75, 3.05) is 26.0 Å². The predicted octanol–water partition coefficient (Wildman–Crippen LogP) is 1.72. The third-order valence-corrected chi connectivity index (χ3v) is 4.31. The van der Waals surface area contributed by atoms with Gasteiger partial charge in [-0.15, -0.1) is 11.8 Å². The van der Waals surface area contributed by atoms with Crippen LogP contribution in [0.3, 0.4) is 0 Å². The normalized spacial score (nSPS) is 18.1. The van der Waals surface area contributed by atoms with Crippen molar-refractivity contribution in [2.24, 2.45) is 5.92 Å².